The van der Waals surface area contributed by atoms with Crippen molar-refractivity contribution in [3.05, 3.63) is 30.3 Å². The molecule has 0 saturated heterocycles. The van der Waals surface area contributed by atoms with E-state index in [0.29, 0.717) is 0 Å². The summed E-state index contributed by atoms with van der Waals surface area (Å²) in [6, 6.07) is 10.2. The summed E-state index contributed by atoms with van der Waals surface area (Å²) in [5.74, 6) is 0. The molecule has 0 aliphatic rings. The van der Waals surface area contributed by atoms with E-state index in [0.717, 1.165) is 5.01 Å². The van der Waals surface area contributed by atoms with Gasteiger partial charge in [-0.3, -0.25) is 0 Å². The third-order valence-corrected chi connectivity index (χ3v) is 6.40. The molecule has 2 aromatic rings. The van der Waals surface area contributed by atoms with Crippen LogP contribution in [0.4, 0.5) is 0 Å². The van der Waals surface area contributed by atoms with Crippen molar-refractivity contribution in [2.24, 2.45) is 0 Å². The topological polar surface area (TPSA) is 25.8 Å². The van der Waals surface area contributed by atoms with E-state index in [4.69, 9.17) is 0 Å². The van der Waals surface area contributed by atoms with Gasteiger partial charge in [0.25, 0.3) is 0 Å². The molecule has 4 heteroatoms. The fourth-order valence-corrected chi connectivity index (χ4v) is 3.69. The number of hydrogen-bond donors (Lipinski definition) is 0. The third-order valence-electron chi connectivity index (χ3n) is 2.09. The van der Waals surface area contributed by atoms with Crippen LogP contribution in [-0.2, 0) is 0 Å². The Kier molecular flexibility index (Phi) is 2.71. The lowest BCUT2D eigenvalue weighted by Crippen LogP contribution is -2.37. The van der Waals surface area contributed by atoms with Gasteiger partial charge in [-0.15, -0.1) is 21.5 Å². The van der Waals surface area contributed by atoms with Gasteiger partial charge in [-0.25, -0.2) is 0 Å². The highest BCUT2D eigenvalue weighted by Crippen LogP contribution is 2.20. The molecule has 0 radical (unpaired) electrons. The first kappa shape index (κ1) is 10.5. The molecule has 1 aromatic heterocycles. The molecule has 1 heterocycles. The lowest BCUT2D eigenvalue weighted by molar-refractivity contribution is 1.11. The molecular weight excluding hydrogens is 220 g/mol. The average molecular weight is 234 g/mol. The van der Waals surface area contributed by atoms with Crippen LogP contribution in [0.15, 0.2) is 30.3 Å². The number of nitrogens with zero attached hydrogens (tertiary/aromatic N) is 2. The minimum atomic E-state index is -1.30. The maximum Gasteiger partial charge on any atom is 0.147 e. The van der Waals surface area contributed by atoms with Crippen molar-refractivity contribution in [3.8, 4) is 10.6 Å². The van der Waals surface area contributed by atoms with E-state index in [1.165, 1.54) is 10.2 Å². The van der Waals surface area contributed by atoms with Crippen LogP contribution >= 0.6 is 11.3 Å². The zero-order chi connectivity index (χ0) is 10.9. The molecule has 0 saturated carbocycles. The first-order valence-electron chi connectivity index (χ1n) is 4.97. The molecule has 2 nitrogen and oxygen atoms in total. The van der Waals surface area contributed by atoms with E-state index in [9.17, 15) is 0 Å². The molecule has 0 atom stereocenters. The van der Waals surface area contributed by atoms with Gasteiger partial charge in [0.1, 0.15) is 13.1 Å². The highest BCUT2D eigenvalue weighted by Gasteiger charge is 2.22. The van der Waals surface area contributed by atoms with E-state index < -0.39 is 8.07 Å². The largest absolute Gasteiger partial charge is 0.148 e. The van der Waals surface area contributed by atoms with Gasteiger partial charge in [0.2, 0.25) is 0 Å². The highest BCUT2D eigenvalue weighted by molar-refractivity contribution is 7.27. The van der Waals surface area contributed by atoms with Crippen LogP contribution in [0.3, 0.4) is 0 Å². The fourth-order valence-electron chi connectivity index (χ4n) is 1.22. The summed E-state index contributed by atoms with van der Waals surface area (Å²) < 4.78 is 1.22. The summed E-state index contributed by atoms with van der Waals surface area (Å²) in [6.45, 7) is 6.88. The number of rotatable bonds is 2. The van der Waals surface area contributed by atoms with Crippen LogP contribution < -0.4 is 4.63 Å². The summed E-state index contributed by atoms with van der Waals surface area (Å²) >= 11 is 1.73. The second-order valence-corrected chi connectivity index (χ2v) is 10.8. The molecule has 0 spiro atoms. The normalized spacial score (nSPS) is 11.7. The Morgan fingerprint density at radius 1 is 1.00 bits per heavy atom. The van der Waals surface area contributed by atoms with Crippen molar-refractivity contribution in [2.45, 2.75) is 19.6 Å². The van der Waals surface area contributed by atoms with Crippen molar-refractivity contribution in [1.29, 1.82) is 0 Å². The Balaban J connectivity index is 2.37. The van der Waals surface area contributed by atoms with Crippen molar-refractivity contribution >= 4 is 24.0 Å². The summed E-state index contributed by atoms with van der Waals surface area (Å²) in [6.07, 6.45) is 0. The lowest BCUT2D eigenvalue weighted by atomic mass is 10.2. The van der Waals surface area contributed by atoms with Crippen LogP contribution in [0.25, 0.3) is 10.6 Å². The summed E-state index contributed by atoms with van der Waals surface area (Å²) in [4.78, 5) is 0. The van der Waals surface area contributed by atoms with Crippen LogP contribution in [0.2, 0.25) is 19.6 Å². The molecule has 0 bridgehead atoms. The molecule has 0 aliphatic carbocycles. The summed E-state index contributed by atoms with van der Waals surface area (Å²) in [5, 5.41) is 9.59. The van der Waals surface area contributed by atoms with Crippen molar-refractivity contribution in [1.82, 2.24) is 10.2 Å². The second kappa shape index (κ2) is 3.87. The van der Waals surface area contributed by atoms with Gasteiger partial charge in [0.15, 0.2) is 0 Å². The molecule has 2 rings (SSSR count). The van der Waals surface area contributed by atoms with Gasteiger partial charge in [0.05, 0.1) is 4.63 Å². The minimum Gasteiger partial charge on any atom is -0.148 e. The third kappa shape index (κ3) is 2.33. The van der Waals surface area contributed by atoms with Crippen LogP contribution in [0, 0.1) is 0 Å². The SMILES string of the molecule is C[Si](C)(C)c1nnc(-c2ccccc2)s1. The minimum absolute atomic E-state index is 1.04. The van der Waals surface area contributed by atoms with E-state index in [2.05, 4.69) is 42.0 Å². The molecular formula is C11H14N2SSi. The summed E-state index contributed by atoms with van der Waals surface area (Å²) in [7, 11) is -1.30. The molecule has 0 N–H and O–H groups in total. The highest BCUT2D eigenvalue weighted by atomic mass is 32.1. The van der Waals surface area contributed by atoms with Crippen LogP contribution in [0.5, 0.6) is 0 Å². The van der Waals surface area contributed by atoms with Crippen molar-refractivity contribution in [2.75, 3.05) is 0 Å². The Morgan fingerprint density at radius 3 is 2.20 bits per heavy atom. The van der Waals surface area contributed by atoms with Gasteiger partial charge >= 0.3 is 0 Å². The van der Waals surface area contributed by atoms with E-state index in [1.807, 2.05) is 18.2 Å². The summed E-state index contributed by atoms with van der Waals surface area (Å²) in [5.41, 5.74) is 1.17. The van der Waals surface area contributed by atoms with Crippen LogP contribution in [0.1, 0.15) is 0 Å². The molecule has 0 fully saturated rings. The molecule has 0 amide bonds. The second-order valence-electron chi connectivity index (χ2n) is 4.53. The molecule has 15 heavy (non-hydrogen) atoms. The maximum absolute atomic E-state index is 4.29. The maximum atomic E-state index is 4.29. The van der Waals surface area contributed by atoms with Crippen molar-refractivity contribution in [3.63, 3.8) is 0 Å². The molecule has 1 aromatic carbocycles. The van der Waals surface area contributed by atoms with E-state index >= 15 is 0 Å². The van der Waals surface area contributed by atoms with Gasteiger partial charge in [-0.2, -0.15) is 0 Å². The first-order chi connectivity index (χ1) is 7.07. The first-order valence-corrected chi connectivity index (χ1v) is 9.28. The van der Waals surface area contributed by atoms with Gasteiger partial charge < -0.3 is 0 Å². The molecule has 0 unspecified atom stereocenters. The number of aromatic nitrogens is 2. The average Bonchev–Trinajstić information content (AvgIpc) is 2.67. The monoisotopic (exact) mass is 234 g/mol. The fraction of sp³-hybridized carbons (Fsp3) is 0.273. The Hall–Kier alpha value is -1.00. The van der Waals surface area contributed by atoms with Crippen LogP contribution in [-0.4, -0.2) is 18.3 Å². The van der Waals surface area contributed by atoms with Gasteiger partial charge in [0, 0.05) is 5.56 Å². The zero-order valence-corrected chi connectivity index (χ0v) is 11.0. The van der Waals surface area contributed by atoms with Gasteiger partial charge in [-0.05, 0) is 0 Å². The number of hydrogen-bond acceptors (Lipinski definition) is 3. The van der Waals surface area contributed by atoms with E-state index in [1.54, 1.807) is 11.3 Å². The predicted octanol–water partition coefficient (Wildman–Crippen LogP) is 2.75. The quantitative estimate of drug-likeness (QED) is 0.747. The van der Waals surface area contributed by atoms with Gasteiger partial charge in [-0.1, -0.05) is 50.0 Å². The Labute approximate surface area is 95.0 Å². The predicted molar refractivity (Wildman–Crippen MR) is 68.3 cm³/mol. The Bertz CT molecular complexity index is 445. The van der Waals surface area contributed by atoms with Crippen molar-refractivity contribution < 1.29 is 0 Å². The molecule has 78 valence electrons. The lowest BCUT2D eigenvalue weighted by Gasteiger charge is -2.08. The van der Waals surface area contributed by atoms with E-state index in [-0.39, 0.29) is 0 Å². The zero-order valence-electron chi connectivity index (χ0n) is 9.19. The number of benzene rings is 1. The molecule has 0 aliphatic heterocycles. The smallest absolute Gasteiger partial charge is 0.147 e. The standard InChI is InChI=1S/C11H14N2SSi/c1-15(2,3)11-13-12-10(14-11)9-7-5-4-6-8-9/h4-8H,1-3H3. The Morgan fingerprint density at radius 2 is 1.67 bits per heavy atom.